The van der Waals surface area contributed by atoms with Gasteiger partial charge in [0.25, 0.3) is 0 Å². The second-order valence-electron chi connectivity index (χ2n) is 6.11. The highest BCUT2D eigenvalue weighted by Gasteiger charge is 2.37. The number of benzene rings is 1. The maximum atomic E-state index is 12.9. The minimum Gasteiger partial charge on any atom is -0.388 e. The van der Waals surface area contributed by atoms with Crippen molar-refractivity contribution in [1.82, 2.24) is 14.1 Å². The van der Waals surface area contributed by atoms with E-state index in [-0.39, 0.29) is 10.9 Å². The van der Waals surface area contributed by atoms with E-state index in [1.165, 1.54) is 10.5 Å². The van der Waals surface area contributed by atoms with Crippen LogP contribution in [0.2, 0.25) is 0 Å². The molecule has 1 aromatic heterocycles. The van der Waals surface area contributed by atoms with E-state index >= 15 is 0 Å². The summed E-state index contributed by atoms with van der Waals surface area (Å²) in [6, 6.07) is 9.19. The molecule has 1 N–H and O–H groups in total. The molecular formula is C17H23N3O3S. The summed E-state index contributed by atoms with van der Waals surface area (Å²) in [5.74, 6) is 0. The Morgan fingerprint density at radius 2 is 2.08 bits per heavy atom. The molecule has 2 atom stereocenters. The Balaban J connectivity index is 1.77. The molecule has 7 heteroatoms. The van der Waals surface area contributed by atoms with E-state index in [0.29, 0.717) is 19.5 Å². The van der Waals surface area contributed by atoms with Crippen LogP contribution in [0.1, 0.15) is 37.9 Å². The number of hydrogen-bond donors (Lipinski definition) is 1. The van der Waals surface area contributed by atoms with Crippen LogP contribution in [-0.2, 0) is 16.6 Å². The van der Waals surface area contributed by atoms with Gasteiger partial charge in [0.1, 0.15) is 4.90 Å². The lowest BCUT2D eigenvalue weighted by Gasteiger charge is -2.25. The van der Waals surface area contributed by atoms with Gasteiger partial charge in [-0.15, -0.1) is 0 Å². The minimum absolute atomic E-state index is 0.185. The van der Waals surface area contributed by atoms with Gasteiger partial charge in [-0.25, -0.2) is 8.42 Å². The van der Waals surface area contributed by atoms with Crippen LogP contribution in [0.4, 0.5) is 0 Å². The smallest absolute Gasteiger partial charge is 0.246 e. The van der Waals surface area contributed by atoms with Crippen LogP contribution in [0.25, 0.3) is 0 Å². The Hall–Kier alpha value is -1.70. The maximum absolute atomic E-state index is 12.9. The first-order valence-electron chi connectivity index (χ1n) is 8.29. The first-order valence-corrected chi connectivity index (χ1v) is 9.73. The third-order valence-electron chi connectivity index (χ3n) is 4.54. The van der Waals surface area contributed by atoms with Gasteiger partial charge in [-0.05, 0) is 31.7 Å². The van der Waals surface area contributed by atoms with Crippen LogP contribution < -0.4 is 0 Å². The molecule has 0 amide bonds. The molecule has 24 heavy (non-hydrogen) atoms. The molecule has 1 fully saturated rings. The highest BCUT2D eigenvalue weighted by atomic mass is 32.2. The lowest BCUT2D eigenvalue weighted by molar-refractivity contribution is 0.142. The number of sulfonamides is 1. The first kappa shape index (κ1) is 17.1. The van der Waals surface area contributed by atoms with Crippen molar-refractivity contribution in [1.29, 1.82) is 0 Å². The molecule has 2 unspecified atom stereocenters. The zero-order valence-electron chi connectivity index (χ0n) is 13.7. The predicted molar refractivity (Wildman–Crippen MR) is 90.8 cm³/mol. The minimum atomic E-state index is -3.57. The van der Waals surface area contributed by atoms with Crippen molar-refractivity contribution in [3.05, 3.63) is 48.3 Å². The van der Waals surface area contributed by atoms with E-state index in [2.05, 4.69) is 5.10 Å². The first-order chi connectivity index (χ1) is 11.5. The molecule has 1 saturated heterocycles. The molecule has 6 nitrogen and oxygen atoms in total. The molecule has 1 aliphatic heterocycles. The number of rotatable bonds is 6. The van der Waals surface area contributed by atoms with E-state index in [4.69, 9.17) is 0 Å². The fraction of sp³-hybridized carbons (Fsp3) is 0.471. The fourth-order valence-electron chi connectivity index (χ4n) is 3.22. The summed E-state index contributed by atoms with van der Waals surface area (Å²) in [6.07, 6.45) is 4.30. The van der Waals surface area contributed by atoms with Gasteiger partial charge < -0.3 is 5.11 Å². The lowest BCUT2D eigenvalue weighted by atomic mass is 10.0. The Morgan fingerprint density at radius 1 is 1.33 bits per heavy atom. The zero-order valence-corrected chi connectivity index (χ0v) is 14.6. The van der Waals surface area contributed by atoms with Crippen LogP contribution in [0.15, 0.2) is 47.6 Å². The van der Waals surface area contributed by atoms with Crippen LogP contribution in [-0.4, -0.2) is 40.2 Å². The summed E-state index contributed by atoms with van der Waals surface area (Å²) in [5.41, 5.74) is 0.820. The van der Waals surface area contributed by atoms with Gasteiger partial charge in [-0.3, -0.25) is 4.68 Å². The summed E-state index contributed by atoms with van der Waals surface area (Å²) in [5, 5.41) is 14.5. The second kappa shape index (κ2) is 7.04. The molecule has 0 saturated carbocycles. The van der Waals surface area contributed by atoms with Gasteiger partial charge >= 0.3 is 0 Å². The summed E-state index contributed by atoms with van der Waals surface area (Å²) >= 11 is 0. The zero-order chi connectivity index (χ0) is 17.2. The van der Waals surface area contributed by atoms with E-state index < -0.39 is 16.1 Å². The molecule has 3 rings (SSSR count). The molecular weight excluding hydrogens is 326 g/mol. The van der Waals surface area contributed by atoms with E-state index in [0.717, 1.165) is 18.4 Å². The van der Waals surface area contributed by atoms with Crippen molar-refractivity contribution in [3.63, 3.8) is 0 Å². The second-order valence-corrected chi connectivity index (χ2v) is 8.00. The highest BCUT2D eigenvalue weighted by molar-refractivity contribution is 7.89. The van der Waals surface area contributed by atoms with Gasteiger partial charge in [0.15, 0.2) is 0 Å². The Kier molecular flexibility index (Phi) is 5.03. The molecule has 2 aromatic rings. The standard InChI is InChI=1S/C17H23N3O3S/c1-2-19-13-16(12-18-19)24(22,23)20-10-6-9-15(20)11-17(21)14-7-4-3-5-8-14/h3-5,7-8,12-13,15,17,21H,2,6,9-11H2,1H3. The molecule has 0 radical (unpaired) electrons. The SMILES string of the molecule is CCn1cc(S(=O)(=O)N2CCCC2CC(O)c2ccccc2)cn1. The van der Waals surface area contributed by atoms with E-state index in [1.54, 1.807) is 10.9 Å². The van der Waals surface area contributed by atoms with Crippen molar-refractivity contribution < 1.29 is 13.5 Å². The number of aliphatic hydroxyl groups is 1. The van der Waals surface area contributed by atoms with Gasteiger partial charge in [-0.1, -0.05) is 30.3 Å². The Bertz CT molecular complexity index is 773. The van der Waals surface area contributed by atoms with Crippen molar-refractivity contribution in [2.24, 2.45) is 0 Å². The van der Waals surface area contributed by atoms with E-state index in [9.17, 15) is 13.5 Å². The van der Waals surface area contributed by atoms with Crippen molar-refractivity contribution in [3.8, 4) is 0 Å². The molecule has 1 aliphatic rings. The van der Waals surface area contributed by atoms with Crippen molar-refractivity contribution >= 4 is 10.0 Å². The van der Waals surface area contributed by atoms with Gasteiger partial charge in [-0.2, -0.15) is 9.40 Å². The Labute approximate surface area is 142 Å². The molecule has 2 heterocycles. The molecule has 0 aliphatic carbocycles. The molecule has 0 bridgehead atoms. The Morgan fingerprint density at radius 3 is 2.75 bits per heavy atom. The van der Waals surface area contributed by atoms with Crippen molar-refractivity contribution in [2.75, 3.05) is 6.54 Å². The van der Waals surface area contributed by atoms with Gasteiger partial charge in [0.05, 0.1) is 12.3 Å². The lowest BCUT2D eigenvalue weighted by Crippen LogP contribution is -2.36. The topological polar surface area (TPSA) is 75.4 Å². The number of aliphatic hydroxyl groups excluding tert-OH is 1. The number of hydrogen-bond acceptors (Lipinski definition) is 4. The van der Waals surface area contributed by atoms with Crippen LogP contribution in [0.5, 0.6) is 0 Å². The largest absolute Gasteiger partial charge is 0.388 e. The number of nitrogens with zero attached hydrogens (tertiary/aromatic N) is 3. The van der Waals surface area contributed by atoms with Gasteiger partial charge in [0, 0.05) is 25.3 Å². The summed E-state index contributed by atoms with van der Waals surface area (Å²) in [7, 11) is -3.57. The normalized spacial score (nSPS) is 20.3. The third kappa shape index (κ3) is 3.38. The third-order valence-corrected chi connectivity index (χ3v) is 6.45. The summed E-state index contributed by atoms with van der Waals surface area (Å²) in [6.45, 7) is 3.04. The van der Waals surface area contributed by atoms with Crippen LogP contribution >= 0.6 is 0 Å². The molecule has 130 valence electrons. The summed E-state index contributed by atoms with van der Waals surface area (Å²) in [4.78, 5) is 0.227. The van der Waals surface area contributed by atoms with Crippen LogP contribution in [0, 0.1) is 0 Å². The van der Waals surface area contributed by atoms with E-state index in [1.807, 2.05) is 37.3 Å². The number of aromatic nitrogens is 2. The van der Waals surface area contributed by atoms with Gasteiger partial charge in [0.2, 0.25) is 10.0 Å². The van der Waals surface area contributed by atoms with Crippen LogP contribution in [0.3, 0.4) is 0 Å². The van der Waals surface area contributed by atoms with Crippen molar-refractivity contribution in [2.45, 2.75) is 49.8 Å². The fourth-order valence-corrected chi connectivity index (χ4v) is 4.88. The molecule has 0 spiro atoms. The monoisotopic (exact) mass is 349 g/mol. The highest BCUT2D eigenvalue weighted by Crippen LogP contribution is 2.31. The average molecular weight is 349 g/mol. The number of aryl methyl sites for hydroxylation is 1. The maximum Gasteiger partial charge on any atom is 0.246 e. The average Bonchev–Trinajstić information content (AvgIpc) is 3.25. The quantitative estimate of drug-likeness (QED) is 0.867. The predicted octanol–water partition coefficient (Wildman–Crippen LogP) is 2.18. The molecule has 1 aromatic carbocycles. The summed E-state index contributed by atoms with van der Waals surface area (Å²) < 4.78 is 28.9.